The average Bonchev–Trinajstić information content (AvgIpc) is 3.39. The highest BCUT2D eigenvalue weighted by Gasteiger charge is 2.33. The van der Waals surface area contributed by atoms with E-state index in [4.69, 9.17) is 4.74 Å². The topological polar surface area (TPSA) is 70.7 Å². The van der Waals surface area contributed by atoms with Crippen molar-refractivity contribution in [1.29, 1.82) is 0 Å². The van der Waals surface area contributed by atoms with Crippen molar-refractivity contribution in [2.45, 2.75) is 31.7 Å². The minimum Gasteiger partial charge on any atom is -0.493 e. The quantitative estimate of drug-likeness (QED) is 0.854. The lowest BCUT2D eigenvalue weighted by Crippen LogP contribution is -2.42. The van der Waals surface area contributed by atoms with Gasteiger partial charge in [0, 0.05) is 38.2 Å². The second kappa shape index (κ2) is 7.04. The van der Waals surface area contributed by atoms with Gasteiger partial charge < -0.3 is 20.3 Å². The van der Waals surface area contributed by atoms with Gasteiger partial charge in [0.2, 0.25) is 5.91 Å². The normalized spacial score (nSPS) is 24.9. The molecule has 3 aliphatic heterocycles. The van der Waals surface area contributed by atoms with Crippen LogP contribution in [0, 0.1) is 5.92 Å². The molecule has 3 heterocycles. The third-order valence-corrected chi connectivity index (χ3v) is 5.44. The van der Waals surface area contributed by atoms with Crippen LogP contribution in [0.4, 0.5) is 0 Å². The number of carbonyl (C=O) groups is 2. The monoisotopic (exact) mass is 343 g/mol. The number of hydrogen-bond acceptors (Lipinski definition) is 4. The van der Waals surface area contributed by atoms with Gasteiger partial charge in [0.15, 0.2) is 0 Å². The van der Waals surface area contributed by atoms with E-state index < -0.39 is 0 Å². The van der Waals surface area contributed by atoms with E-state index in [-0.39, 0.29) is 17.9 Å². The first kappa shape index (κ1) is 16.4. The smallest absolute Gasteiger partial charge is 0.251 e. The van der Waals surface area contributed by atoms with Crippen molar-refractivity contribution < 1.29 is 14.3 Å². The molecule has 2 atom stereocenters. The number of ether oxygens (including phenoxy) is 1. The molecule has 1 aromatic carbocycles. The number of amides is 2. The Kier molecular flexibility index (Phi) is 4.61. The molecule has 2 N–H and O–H groups in total. The zero-order chi connectivity index (χ0) is 17.2. The van der Waals surface area contributed by atoms with Crippen LogP contribution in [-0.2, 0) is 11.2 Å². The Bertz CT molecular complexity index is 670. The molecule has 0 saturated carbocycles. The summed E-state index contributed by atoms with van der Waals surface area (Å²) in [7, 11) is 0. The van der Waals surface area contributed by atoms with Gasteiger partial charge in [-0.2, -0.15) is 0 Å². The molecule has 2 fully saturated rings. The molecule has 0 spiro atoms. The molecular weight excluding hydrogens is 318 g/mol. The van der Waals surface area contributed by atoms with Crippen molar-refractivity contribution in [3.63, 3.8) is 0 Å². The standard InChI is InChI=1S/C19H25N3O3/c23-18(15-3-4-17-14(10-15)5-8-25-17)21-12-13-9-16(20-11-13)19(24)22-6-1-2-7-22/h3-4,10,13,16,20H,1-2,5-9,11-12H2,(H,21,23)/t13-,16-/m0/s1. The number of nitrogens with zero attached hydrogens (tertiary/aromatic N) is 1. The number of likely N-dealkylation sites (tertiary alicyclic amines) is 1. The third-order valence-electron chi connectivity index (χ3n) is 5.44. The van der Waals surface area contributed by atoms with E-state index in [9.17, 15) is 9.59 Å². The molecule has 2 saturated heterocycles. The van der Waals surface area contributed by atoms with E-state index in [1.54, 1.807) is 0 Å². The molecule has 0 aliphatic carbocycles. The third kappa shape index (κ3) is 3.49. The summed E-state index contributed by atoms with van der Waals surface area (Å²) in [6, 6.07) is 5.52. The number of benzene rings is 1. The van der Waals surface area contributed by atoms with Crippen LogP contribution in [-0.4, -0.2) is 55.5 Å². The number of carbonyl (C=O) groups excluding carboxylic acids is 2. The number of nitrogens with one attached hydrogen (secondary N) is 2. The Labute approximate surface area is 147 Å². The molecule has 3 aliphatic rings. The molecular formula is C19H25N3O3. The molecule has 0 unspecified atom stereocenters. The summed E-state index contributed by atoms with van der Waals surface area (Å²) in [4.78, 5) is 26.8. The second-order valence-electron chi connectivity index (χ2n) is 7.23. The van der Waals surface area contributed by atoms with Crippen molar-refractivity contribution in [2.75, 3.05) is 32.8 Å². The zero-order valence-corrected chi connectivity index (χ0v) is 14.4. The van der Waals surface area contributed by atoms with Crippen LogP contribution >= 0.6 is 0 Å². The Morgan fingerprint density at radius 1 is 1.28 bits per heavy atom. The van der Waals surface area contributed by atoms with E-state index >= 15 is 0 Å². The van der Waals surface area contributed by atoms with Gasteiger partial charge in [-0.05, 0) is 48.9 Å². The number of rotatable bonds is 4. The highest BCUT2D eigenvalue weighted by molar-refractivity contribution is 5.94. The van der Waals surface area contributed by atoms with Gasteiger partial charge in [-0.25, -0.2) is 0 Å². The summed E-state index contributed by atoms with van der Waals surface area (Å²) in [6.07, 6.45) is 3.89. The number of fused-ring (bicyclic) bond motifs is 1. The Morgan fingerprint density at radius 2 is 2.12 bits per heavy atom. The van der Waals surface area contributed by atoms with Crippen molar-refractivity contribution in [3.05, 3.63) is 29.3 Å². The lowest BCUT2D eigenvalue weighted by Gasteiger charge is -2.20. The minimum absolute atomic E-state index is 0.0518. The highest BCUT2D eigenvalue weighted by Crippen LogP contribution is 2.26. The fraction of sp³-hybridized carbons (Fsp3) is 0.579. The van der Waals surface area contributed by atoms with Crippen LogP contribution in [0.5, 0.6) is 5.75 Å². The molecule has 0 radical (unpaired) electrons. The maximum absolute atomic E-state index is 12.4. The van der Waals surface area contributed by atoms with Crippen molar-refractivity contribution in [1.82, 2.24) is 15.5 Å². The molecule has 1 aromatic rings. The molecule has 2 amide bonds. The van der Waals surface area contributed by atoms with Gasteiger partial charge in [-0.1, -0.05) is 0 Å². The van der Waals surface area contributed by atoms with Crippen molar-refractivity contribution in [2.24, 2.45) is 5.92 Å². The van der Waals surface area contributed by atoms with Crippen LogP contribution in [0.3, 0.4) is 0 Å². The van der Waals surface area contributed by atoms with Gasteiger partial charge in [0.1, 0.15) is 5.75 Å². The summed E-state index contributed by atoms with van der Waals surface area (Å²) in [5, 5.41) is 6.34. The fourth-order valence-electron chi connectivity index (χ4n) is 3.98. The van der Waals surface area contributed by atoms with Crippen LogP contribution in [0.2, 0.25) is 0 Å². The van der Waals surface area contributed by atoms with Gasteiger partial charge in [0.05, 0.1) is 12.6 Å². The Hall–Kier alpha value is -2.08. The molecule has 6 nitrogen and oxygen atoms in total. The summed E-state index contributed by atoms with van der Waals surface area (Å²) in [6.45, 7) is 3.85. The summed E-state index contributed by atoms with van der Waals surface area (Å²) >= 11 is 0. The fourth-order valence-corrected chi connectivity index (χ4v) is 3.98. The molecule has 4 rings (SSSR count). The Balaban J connectivity index is 1.27. The first-order valence-corrected chi connectivity index (χ1v) is 9.27. The van der Waals surface area contributed by atoms with Crippen LogP contribution in [0.25, 0.3) is 0 Å². The lowest BCUT2D eigenvalue weighted by atomic mass is 10.0. The first-order chi connectivity index (χ1) is 12.2. The maximum Gasteiger partial charge on any atom is 0.251 e. The van der Waals surface area contributed by atoms with Crippen molar-refractivity contribution >= 4 is 11.8 Å². The summed E-state index contributed by atoms with van der Waals surface area (Å²) in [5.74, 6) is 1.37. The van der Waals surface area contributed by atoms with Gasteiger partial charge >= 0.3 is 0 Å². The van der Waals surface area contributed by atoms with Gasteiger partial charge in [-0.3, -0.25) is 9.59 Å². The maximum atomic E-state index is 12.4. The largest absolute Gasteiger partial charge is 0.493 e. The predicted molar refractivity (Wildman–Crippen MR) is 93.7 cm³/mol. The SMILES string of the molecule is O=C(NC[C@@H]1CN[C@H](C(=O)N2CCCC2)C1)c1ccc2c(c1)CCO2. The second-order valence-corrected chi connectivity index (χ2v) is 7.23. The minimum atomic E-state index is -0.0860. The lowest BCUT2D eigenvalue weighted by molar-refractivity contribution is -0.132. The summed E-state index contributed by atoms with van der Waals surface area (Å²) in [5.41, 5.74) is 1.78. The van der Waals surface area contributed by atoms with E-state index in [1.807, 2.05) is 23.1 Å². The van der Waals surface area contributed by atoms with E-state index in [0.29, 0.717) is 24.6 Å². The summed E-state index contributed by atoms with van der Waals surface area (Å²) < 4.78 is 5.47. The van der Waals surface area contributed by atoms with E-state index in [0.717, 1.165) is 56.6 Å². The molecule has 134 valence electrons. The van der Waals surface area contributed by atoms with Crippen LogP contribution in [0.1, 0.15) is 35.2 Å². The highest BCUT2D eigenvalue weighted by atomic mass is 16.5. The van der Waals surface area contributed by atoms with Gasteiger partial charge in [0.25, 0.3) is 5.91 Å². The van der Waals surface area contributed by atoms with Crippen LogP contribution in [0.15, 0.2) is 18.2 Å². The van der Waals surface area contributed by atoms with E-state index in [2.05, 4.69) is 10.6 Å². The predicted octanol–water partition coefficient (Wildman–Crippen LogP) is 0.952. The van der Waals surface area contributed by atoms with E-state index in [1.165, 1.54) is 0 Å². The molecule has 0 bridgehead atoms. The first-order valence-electron chi connectivity index (χ1n) is 9.27. The molecule has 6 heteroatoms. The molecule has 25 heavy (non-hydrogen) atoms. The number of hydrogen-bond donors (Lipinski definition) is 2. The zero-order valence-electron chi connectivity index (χ0n) is 14.4. The van der Waals surface area contributed by atoms with Crippen molar-refractivity contribution in [3.8, 4) is 5.75 Å². The van der Waals surface area contributed by atoms with Crippen LogP contribution < -0.4 is 15.4 Å². The molecule has 0 aromatic heterocycles. The Morgan fingerprint density at radius 3 is 2.96 bits per heavy atom. The van der Waals surface area contributed by atoms with Gasteiger partial charge in [-0.15, -0.1) is 0 Å². The average molecular weight is 343 g/mol.